The molecule has 2 aromatic carbocycles. The number of carbonyl (C=O) groups is 1. The zero-order valence-corrected chi connectivity index (χ0v) is 10.2. The largest absolute Gasteiger partial charge is 0.293 e. The first kappa shape index (κ1) is 11.4. The number of Topliss-reactive ketones (excluding diaryl/α,β-unsaturated/α-hetero) is 1. The van der Waals surface area contributed by atoms with Crippen molar-refractivity contribution in [2.45, 2.75) is 12.3 Å². The third kappa shape index (κ3) is 1.73. The van der Waals surface area contributed by atoms with Crippen LogP contribution in [0.4, 0.5) is 4.39 Å². The average Bonchev–Trinajstić information content (AvgIpc) is 2.30. The maximum atomic E-state index is 13.7. The van der Waals surface area contributed by atoms with Crippen LogP contribution in [0.2, 0.25) is 5.02 Å². The zero-order chi connectivity index (χ0) is 12.7. The van der Waals surface area contributed by atoms with Gasteiger partial charge in [0, 0.05) is 5.02 Å². The van der Waals surface area contributed by atoms with Crippen LogP contribution in [0.25, 0.3) is 0 Å². The Hall–Kier alpha value is -1.67. The Morgan fingerprint density at radius 3 is 2.72 bits per heavy atom. The fourth-order valence-electron chi connectivity index (χ4n) is 2.37. The SMILES string of the molecule is O=C(c1ccc(Cl)cc1F)C1Cc2ccccc21. The minimum absolute atomic E-state index is 0.124. The molecule has 3 heteroatoms. The van der Waals surface area contributed by atoms with Crippen molar-refractivity contribution in [3.05, 3.63) is 70.0 Å². The Bertz CT molecular complexity index is 636. The topological polar surface area (TPSA) is 17.1 Å². The molecule has 3 rings (SSSR count). The lowest BCUT2D eigenvalue weighted by Crippen LogP contribution is -2.25. The minimum atomic E-state index is -0.545. The number of hydrogen-bond acceptors (Lipinski definition) is 1. The number of hydrogen-bond donors (Lipinski definition) is 0. The second kappa shape index (κ2) is 4.21. The van der Waals surface area contributed by atoms with E-state index in [9.17, 15) is 9.18 Å². The molecule has 18 heavy (non-hydrogen) atoms. The highest BCUT2D eigenvalue weighted by Crippen LogP contribution is 2.37. The van der Waals surface area contributed by atoms with E-state index in [1.807, 2.05) is 24.3 Å². The zero-order valence-electron chi connectivity index (χ0n) is 9.49. The number of rotatable bonds is 2. The van der Waals surface area contributed by atoms with Gasteiger partial charge in [0.2, 0.25) is 0 Å². The van der Waals surface area contributed by atoms with Gasteiger partial charge in [-0.1, -0.05) is 35.9 Å². The molecule has 1 aliphatic carbocycles. The first-order valence-corrected chi connectivity index (χ1v) is 6.11. The van der Waals surface area contributed by atoms with Gasteiger partial charge in [-0.2, -0.15) is 0 Å². The molecule has 0 N–H and O–H groups in total. The van der Waals surface area contributed by atoms with Crippen molar-refractivity contribution in [2.75, 3.05) is 0 Å². The maximum Gasteiger partial charge on any atom is 0.173 e. The number of ketones is 1. The Morgan fingerprint density at radius 2 is 2.00 bits per heavy atom. The summed E-state index contributed by atoms with van der Waals surface area (Å²) >= 11 is 5.68. The van der Waals surface area contributed by atoms with Crippen molar-refractivity contribution < 1.29 is 9.18 Å². The van der Waals surface area contributed by atoms with E-state index in [-0.39, 0.29) is 17.3 Å². The van der Waals surface area contributed by atoms with E-state index in [2.05, 4.69) is 0 Å². The number of benzene rings is 2. The molecule has 1 unspecified atom stereocenters. The van der Waals surface area contributed by atoms with Crippen molar-refractivity contribution in [3.63, 3.8) is 0 Å². The lowest BCUT2D eigenvalue weighted by molar-refractivity contribution is 0.0945. The van der Waals surface area contributed by atoms with Gasteiger partial charge in [0.25, 0.3) is 0 Å². The van der Waals surface area contributed by atoms with Crippen molar-refractivity contribution in [2.24, 2.45) is 0 Å². The Morgan fingerprint density at radius 1 is 1.22 bits per heavy atom. The molecule has 0 amide bonds. The molecule has 0 fully saturated rings. The van der Waals surface area contributed by atoms with Gasteiger partial charge in [-0.25, -0.2) is 4.39 Å². The predicted octanol–water partition coefficient (Wildman–Crippen LogP) is 4.00. The molecule has 0 saturated heterocycles. The van der Waals surface area contributed by atoms with Gasteiger partial charge < -0.3 is 0 Å². The summed E-state index contributed by atoms with van der Waals surface area (Å²) in [5, 5.41) is 0.304. The van der Waals surface area contributed by atoms with Crippen LogP contribution in [-0.4, -0.2) is 5.78 Å². The van der Waals surface area contributed by atoms with E-state index in [4.69, 9.17) is 11.6 Å². The Kier molecular flexibility index (Phi) is 2.67. The van der Waals surface area contributed by atoms with E-state index >= 15 is 0 Å². The van der Waals surface area contributed by atoms with Crippen LogP contribution in [0.1, 0.15) is 27.4 Å². The fourth-order valence-corrected chi connectivity index (χ4v) is 2.53. The smallest absolute Gasteiger partial charge is 0.173 e. The molecule has 2 aromatic rings. The molecule has 1 atom stereocenters. The summed E-state index contributed by atoms with van der Waals surface area (Å²) in [6, 6.07) is 12.0. The number of halogens is 2. The number of carbonyl (C=O) groups excluding carboxylic acids is 1. The van der Waals surface area contributed by atoms with Crippen LogP contribution in [0, 0.1) is 5.82 Å². The van der Waals surface area contributed by atoms with E-state index in [0.29, 0.717) is 11.4 Å². The predicted molar refractivity (Wildman–Crippen MR) is 68.6 cm³/mol. The molecule has 0 heterocycles. The molecule has 0 spiro atoms. The van der Waals surface area contributed by atoms with Crippen LogP contribution in [0.15, 0.2) is 42.5 Å². The molecule has 0 aromatic heterocycles. The van der Waals surface area contributed by atoms with Gasteiger partial charge in [-0.05, 0) is 35.7 Å². The summed E-state index contributed by atoms with van der Waals surface area (Å²) in [6.45, 7) is 0. The second-order valence-electron chi connectivity index (χ2n) is 4.44. The standard InChI is InChI=1S/C15H10ClFO/c16-10-5-6-12(14(17)8-10)15(18)13-7-9-3-1-2-4-11(9)13/h1-6,8,13H,7H2. The quantitative estimate of drug-likeness (QED) is 0.746. The van der Waals surface area contributed by atoms with Crippen molar-refractivity contribution in [1.82, 2.24) is 0 Å². The van der Waals surface area contributed by atoms with Crippen molar-refractivity contribution >= 4 is 17.4 Å². The highest BCUT2D eigenvalue weighted by Gasteiger charge is 2.33. The Labute approximate surface area is 109 Å². The van der Waals surface area contributed by atoms with E-state index in [0.717, 1.165) is 5.56 Å². The molecule has 0 radical (unpaired) electrons. The van der Waals surface area contributed by atoms with Crippen LogP contribution in [0.3, 0.4) is 0 Å². The lowest BCUT2D eigenvalue weighted by atomic mass is 9.74. The van der Waals surface area contributed by atoms with Gasteiger partial charge in [0.15, 0.2) is 5.78 Å². The molecule has 90 valence electrons. The average molecular weight is 261 g/mol. The molecule has 0 saturated carbocycles. The molecular formula is C15H10ClFO. The highest BCUT2D eigenvalue weighted by molar-refractivity contribution is 6.30. The molecule has 1 aliphatic rings. The first-order valence-electron chi connectivity index (χ1n) is 5.74. The van der Waals surface area contributed by atoms with Gasteiger partial charge in [0.1, 0.15) is 5.82 Å². The van der Waals surface area contributed by atoms with Crippen LogP contribution in [-0.2, 0) is 6.42 Å². The monoisotopic (exact) mass is 260 g/mol. The van der Waals surface area contributed by atoms with Crippen LogP contribution < -0.4 is 0 Å². The third-order valence-corrected chi connectivity index (χ3v) is 3.60. The normalized spacial score (nSPS) is 16.9. The molecule has 0 aliphatic heterocycles. The maximum absolute atomic E-state index is 13.7. The van der Waals surface area contributed by atoms with Crippen molar-refractivity contribution in [1.29, 1.82) is 0 Å². The molecular weight excluding hydrogens is 251 g/mol. The molecule has 1 nitrogen and oxygen atoms in total. The summed E-state index contributed by atoms with van der Waals surface area (Å²) < 4.78 is 13.7. The first-order chi connectivity index (χ1) is 8.66. The lowest BCUT2D eigenvalue weighted by Gasteiger charge is -2.28. The van der Waals surface area contributed by atoms with Crippen LogP contribution in [0.5, 0.6) is 0 Å². The number of fused-ring (bicyclic) bond motifs is 1. The van der Waals surface area contributed by atoms with Gasteiger partial charge >= 0.3 is 0 Å². The third-order valence-electron chi connectivity index (χ3n) is 3.37. The van der Waals surface area contributed by atoms with E-state index < -0.39 is 5.82 Å². The van der Waals surface area contributed by atoms with E-state index in [1.165, 1.54) is 17.7 Å². The Balaban J connectivity index is 1.94. The van der Waals surface area contributed by atoms with Gasteiger partial charge in [0.05, 0.1) is 11.5 Å². The van der Waals surface area contributed by atoms with Gasteiger partial charge in [-0.15, -0.1) is 0 Å². The van der Waals surface area contributed by atoms with Gasteiger partial charge in [-0.3, -0.25) is 4.79 Å². The summed E-state index contributed by atoms with van der Waals surface area (Å²) in [5.74, 6) is -0.920. The van der Waals surface area contributed by atoms with Crippen LogP contribution >= 0.6 is 11.6 Å². The highest BCUT2D eigenvalue weighted by atomic mass is 35.5. The summed E-state index contributed by atoms with van der Waals surface area (Å²) in [4.78, 5) is 12.2. The van der Waals surface area contributed by atoms with E-state index in [1.54, 1.807) is 6.07 Å². The molecule has 0 bridgehead atoms. The summed E-state index contributed by atoms with van der Waals surface area (Å²) in [5.41, 5.74) is 2.31. The fraction of sp³-hybridized carbons (Fsp3) is 0.133. The summed E-state index contributed by atoms with van der Waals surface area (Å²) in [7, 11) is 0. The van der Waals surface area contributed by atoms with Crippen molar-refractivity contribution in [3.8, 4) is 0 Å². The second-order valence-corrected chi connectivity index (χ2v) is 4.88. The summed E-state index contributed by atoms with van der Waals surface area (Å²) in [6.07, 6.45) is 0.692. The minimum Gasteiger partial charge on any atom is -0.293 e.